The summed E-state index contributed by atoms with van der Waals surface area (Å²) in [6.45, 7) is 6.34. The minimum absolute atomic E-state index is 0.0594. The first-order chi connectivity index (χ1) is 8.49. The van der Waals surface area contributed by atoms with Crippen LogP contribution >= 0.6 is 0 Å². The zero-order valence-electron chi connectivity index (χ0n) is 11.5. The highest BCUT2D eigenvalue weighted by Crippen LogP contribution is 2.29. The summed E-state index contributed by atoms with van der Waals surface area (Å²) in [4.78, 5) is 0. The number of benzene rings is 1. The van der Waals surface area contributed by atoms with E-state index in [4.69, 9.17) is 5.73 Å². The van der Waals surface area contributed by atoms with Gasteiger partial charge in [-0.3, -0.25) is 4.68 Å². The Balaban J connectivity index is 2.51. The molecule has 0 bridgehead atoms. The van der Waals surface area contributed by atoms with Crippen LogP contribution in [0, 0.1) is 0 Å². The van der Waals surface area contributed by atoms with E-state index in [0.717, 1.165) is 11.3 Å². The first-order valence-electron chi connectivity index (χ1n) is 6.38. The Labute approximate surface area is 109 Å². The molecule has 0 spiro atoms. The molecular weight excluding hydrogens is 222 g/mol. The zero-order valence-corrected chi connectivity index (χ0v) is 11.5. The molecule has 1 heterocycles. The van der Waals surface area contributed by atoms with E-state index in [2.05, 4.69) is 49.4 Å². The lowest BCUT2D eigenvalue weighted by molar-refractivity contribution is 0.713. The Hall–Kier alpha value is -1.61. The van der Waals surface area contributed by atoms with E-state index < -0.39 is 0 Å². The number of aromatic nitrogens is 2. The summed E-state index contributed by atoms with van der Waals surface area (Å²) < 4.78 is 1.88. The maximum Gasteiger partial charge on any atom is 0.0728 e. The molecule has 0 aliphatic carbocycles. The van der Waals surface area contributed by atoms with Gasteiger partial charge in [0, 0.05) is 24.8 Å². The Kier molecular flexibility index (Phi) is 3.53. The van der Waals surface area contributed by atoms with E-state index in [1.807, 2.05) is 18.7 Å². The second-order valence-electron chi connectivity index (χ2n) is 5.17. The lowest BCUT2D eigenvalue weighted by Crippen LogP contribution is -2.04. The van der Waals surface area contributed by atoms with Crippen LogP contribution in [-0.2, 0) is 7.05 Å². The summed E-state index contributed by atoms with van der Waals surface area (Å²) in [6.07, 6.45) is 2.08. The molecule has 1 unspecified atom stereocenters. The molecule has 2 aromatic rings. The predicted molar refractivity (Wildman–Crippen MR) is 75.3 cm³/mol. The third-order valence-electron chi connectivity index (χ3n) is 3.13. The minimum Gasteiger partial charge on any atom is -0.324 e. The van der Waals surface area contributed by atoms with Crippen molar-refractivity contribution in [3.05, 3.63) is 41.7 Å². The maximum absolute atomic E-state index is 5.94. The fraction of sp³-hybridized carbons (Fsp3) is 0.400. The van der Waals surface area contributed by atoms with Gasteiger partial charge in [0.05, 0.1) is 5.69 Å². The van der Waals surface area contributed by atoms with Crippen LogP contribution in [0.15, 0.2) is 30.5 Å². The number of nitrogens with two attached hydrogens (primary N) is 1. The van der Waals surface area contributed by atoms with Gasteiger partial charge in [0.2, 0.25) is 0 Å². The third-order valence-corrected chi connectivity index (χ3v) is 3.13. The maximum atomic E-state index is 5.94. The topological polar surface area (TPSA) is 43.8 Å². The van der Waals surface area contributed by atoms with Crippen molar-refractivity contribution in [3.8, 4) is 11.1 Å². The van der Waals surface area contributed by atoms with Gasteiger partial charge in [-0.1, -0.05) is 32.0 Å². The molecule has 3 nitrogen and oxygen atoms in total. The lowest BCUT2D eigenvalue weighted by atomic mass is 9.97. The molecule has 0 aliphatic heterocycles. The molecule has 1 atom stereocenters. The second kappa shape index (κ2) is 4.94. The summed E-state index contributed by atoms with van der Waals surface area (Å²) in [5, 5.41) is 4.55. The number of rotatable bonds is 3. The largest absolute Gasteiger partial charge is 0.324 e. The highest BCUT2D eigenvalue weighted by atomic mass is 15.3. The lowest BCUT2D eigenvalue weighted by Gasteiger charge is -2.09. The van der Waals surface area contributed by atoms with Crippen LogP contribution < -0.4 is 5.73 Å². The Morgan fingerprint density at radius 3 is 2.56 bits per heavy atom. The zero-order chi connectivity index (χ0) is 13.3. The number of hydrogen-bond donors (Lipinski definition) is 1. The molecular formula is C15H21N3. The Bertz CT molecular complexity index is 538. The molecule has 0 radical (unpaired) electrons. The van der Waals surface area contributed by atoms with Crippen molar-refractivity contribution < 1.29 is 0 Å². The van der Waals surface area contributed by atoms with Gasteiger partial charge in [-0.25, -0.2) is 0 Å². The molecule has 0 saturated heterocycles. The Morgan fingerprint density at radius 2 is 1.94 bits per heavy atom. The van der Waals surface area contributed by atoms with Gasteiger partial charge in [0.1, 0.15) is 0 Å². The van der Waals surface area contributed by atoms with E-state index in [9.17, 15) is 0 Å². The molecule has 0 amide bonds. The van der Waals surface area contributed by atoms with Crippen molar-refractivity contribution in [2.75, 3.05) is 0 Å². The van der Waals surface area contributed by atoms with Crippen molar-refractivity contribution in [2.24, 2.45) is 12.8 Å². The van der Waals surface area contributed by atoms with Crippen molar-refractivity contribution in [2.45, 2.75) is 32.7 Å². The predicted octanol–water partition coefficient (Wildman–Crippen LogP) is 3.23. The molecule has 2 N–H and O–H groups in total. The fourth-order valence-corrected chi connectivity index (χ4v) is 2.14. The molecule has 1 aromatic carbocycles. The van der Waals surface area contributed by atoms with E-state index in [-0.39, 0.29) is 6.04 Å². The van der Waals surface area contributed by atoms with Gasteiger partial charge < -0.3 is 5.73 Å². The smallest absolute Gasteiger partial charge is 0.0728 e. The number of aryl methyl sites for hydroxylation is 1. The van der Waals surface area contributed by atoms with Gasteiger partial charge in [-0.2, -0.15) is 5.10 Å². The number of nitrogens with zero attached hydrogens (tertiary/aromatic N) is 2. The van der Waals surface area contributed by atoms with Crippen LogP contribution in [0.3, 0.4) is 0 Å². The Morgan fingerprint density at radius 1 is 1.22 bits per heavy atom. The van der Waals surface area contributed by atoms with Gasteiger partial charge >= 0.3 is 0 Å². The van der Waals surface area contributed by atoms with Crippen LogP contribution in [0.4, 0.5) is 0 Å². The fourth-order valence-electron chi connectivity index (χ4n) is 2.14. The third kappa shape index (κ3) is 2.46. The normalized spacial score (nSPS) is 13.0. The van der Waals surface area contributed by atoms with Crippen molar-refractivity contribution >= 4 is 0 Å². The van der Waals surface area contributed by atoms with Gasteiger partial charge in [-0.15, -0.1) is 0 Å². The van der Waals surface area contributed by atoms with Crippen LogP contribution in [0.5, 0.6) is 0 Å². The monoisotopic (exact) mass is 243 g/mol. The molecule has 0 aliphatic rings. The average Bonchev–Trinajstić information content (AvgIpc) is 2.72. The van der Waals surface area contributed by atoms with Crippen molar-refractivity contribution in [3.63, 3.8) is 0 Å². The molecule has 96 valence electrons. The molecule has 2 rings (SSSR count). The number of hydrogen-bond acceptors (Lipinski definition) is 2. The van der Waals surface area contributed by atoms with Crippen LogP contribution in [0.25, 0.3) is 11.1 Å². The van der Waals surface area contributed by atoms with E-state index in [1.165, 1.54) is 11.1 Å². The average molecular weight is 243 g/mol. The minimum atomic E-state index is 0.0594. The van der Waals surface area contributed by atoms with E-state index >= 15 is 0 Å². The van der Waals surface area contributed by atoms with E-state index in [0.29, 0.717) is 5.92 Å². The second-order valence-corrected chi connectivity index (χ2v) is 5.17. The molecule has 0 fully saturated rings. The molecule has 3 heteroatoms. The summed E-state index contributed by atoms with van der Waals surface area (Å²) in [5.41, 5.74) is 10.6. The molecule has 0 saturated carbocycles. The quantitative estimate of drug-likeness (QED) is 0.899. The van der Waals surface area contributed by atoms with Crippen LogP contribution in [0.1, 0.15) is 44.0 Å². The van der Waals surface area contributed by atoms with Gasteiger partial charge in [0.15, 0.2) is 0 Å². The standard InChI is InChI=1S/C15H21N3/c1-10(2)15-14(9-18(4)17-15)13-7-5-6-12(8-13)11(3)16/h5-11H,16H2,1-4H3. The first kappa shape index (κ1) is 12.8. The van der Waals surface area contributed by atoms with Gasteiger partial charge in [0.25, 0.3) is 0 Å². The van der Waals surface area contributed by atoms with E-state index in [1.54, 1.807) is 0 Å². The SMILES string of the molecule is CC(C)c1nn(C)cc1-c1cccc(C(C)N)c1. The van der Waals surface area contributed by atoms with Crippen LogP contribution in [0.2, 0.25) is 0 Å². The summed E-state index contributed by atoms with van der Waals surface area (Å²) in [7, 11) is 1.96. The molecule has 1 aromatic heterocycles. The summed E-state index contributed by atoms with van der Waals surface area (Å²) >= 11 is 0. The summed E-state index contributed by atoms with van der Waals surface area (Å²) in [6, 6.07) is 8.47. The first-order valence-corrected chi connectivity index (χ1v) is 6.38. The molecule has 18 heavy (non-hydrogen) atoms. The van der Waals surface area contributed by atoms with Crippen LogP contribution in [-0.4, -0.2) is 9.78 Å². The van der Waals surface area contributed by atoms with Crippen molar-refractivity contribution in [1.29, 1.82) is 0 Å². The highest BCUT2D eigenvalue weighted by Gasteiger charge is 2.13. The van der Waals surface area contributed by atoms with Gasteiger partial charge in [-0.05, 0) is 30.0 Å². The summed E-state index contributed by atoms with van der Waals surface area (Å²) in [5.74, 6) is 0.417. The van der Waals surface area contributed by atoms with Crippen molar-refractivity contribution in [1.82, 2.24) is 9.78 Å². The highest BCUT2D eigenvalue weighted by molar-refractivity contribution is 5.66.